The molecule has 5 heteroatoms. The molecule has 2 aliphatic rings. The molecule has 104 valence electrons. The number of carbonyl (C=O) groups excluding carboxylic acids is 1. The Hall–Kier alpha value is -0.910. The third kappa shape index (κ3) is 2.55. The van der Waals surface area contributed by atoms with E-state index in [-0.39, 0.29) is 11.9 Å². The molecule has 0 saturated carbocycles. The summed E-state index contributed by atoms with van der Waals surface area (Å²) in [5, 5.41) is 16.5. The van der Waals surface area contributed by atoms with Gasteiger partial charge in [-0.25, -0.2) is 0 Å². The van der Waals surface area contributed by atoms with E-state index in [4.69, 9.17) is 0 Å². The van der Waals surface area contributed by atoms with E-state index in [2.05, 4.69) is 17.6 Å². The number of nitrogens with one attached hydrogen (secondary N) is 2. The van der Waals surface area contributed by atoms with Crippen LogP contribution >= 0.6 is 11.3 Å². The summed E-state index contributed by atoms with van der Waals surface area (Å²) in [5.74, 6) is -0.0155. The van der Waals surface area contributed by atoms with Gasteiger partial charge in [-0.1, -0.05) is 0 Å². The van der Waals surface area contributed by atoms with Gasteiger partial charge in [0.1, 0.15) is 0 Å². The second-order valence-corrected chi connectivity index (χ2v) is 6.61. The Balaban J connectivity index is 1.73. The Morgan fingerprint density at radius 1 is 1.42 bits per heavy atom. The first kappa shape index (κ1) is 13.1. The summed E-state index contributed by atoms with van der Waals surface area (Å²) in [7, 11) is 0. The van der Waals surface area contributed by atoms with Crippen molar-refractivity contribution >= 4 is 22.2 Å². The van der Waals surface area contributed by atoms with Gasteiger partial charge in [0, 0.05) is 11.4 Å². The van der Waals surface area contributed by atoms with Crippen LogP contribution < -0.4 is 10.6 Å². The number of fused-ring (bicyclic) bond motifs is 1. The van der Waals surface area contributed by atoms with Crippen molar-refractivity contribution in [1.29, 1.82) is 0 Å². The number of aryl methyl sites for hydroxylation is 1. The van der Waals surface area contributed by atoms with Crippen molar-refractivity contribution in [2.24, 2.45) is 0 Å². The molecule has 1 aromatic heterocycles. The highest BCUT2D eigenvalue weighted by Gasteiger charge is 2.29. The summed E-state index contributed by atoms with van der Waals surface area (Å²) in [5.41, 5.74) is 2.69. The predicted molar refractivity (Wildman–Crippen MR) is 76.7 cm³/mol. The fraction of sp³-hybridized carbons (Fsp3) is 0.643. The molecule has 0 bridgehead atoms. The average Bonchev–Trinajstić information content (AvgIpc) is 2.96. The molecule has 0 radical (unpaired) electrons. The maximum absolute atomic E-state index is 12.1. The lowest BCUT2D eigenvalue weighted by Crippen LogP contribution is -2.35. The van der Waals surface area contributed by atoms with Crippen LogP contribution in [0.25, 0.3) is 0 Å². The molecule has 1 aliphatic heterocycles. The topological polar surface area (TPSA) is 61.4 Å². The number of carbonyl (C=O) groups is 1. The molecule has 2 heterocycles. The van der Waals surface area contributed by atoms with Gasteiger partial charge in [0.05, 0.1) is 17.1 Å². The van der Waals surface area contributed by atoms with E-state index in [1.165, 1.54) is 28.8 Å². The molecular formula is C14H20N2O2S. The summed E-state index contributed by atoms with van der Waals surface area (Å²) in [6.45, 7) is 2.62. The van der Waals surface area contributed by atoms with Gasteiger partial charge < -0.3 is 15.7 Å². The van der Waals surface area contributed by atoms with Crippen molar-refractivity contribution in [3.05, 3.63) is 16.0 Å². The first-order valence-corrected chi connectivity index (χ1v) is 7.80. The van der Waals surface area contributed by atoms with Crippen LogP contribution in [0, 0.1) is 6.92 Å². The predicted octanol–water partition coefficient (Wildman–Crippen LogP) is 1.60. The van der Waals surface area contributed by atoms with Gasteiger partial charge in [-0.15, -0.1) is 11.3 Å². The van der Waals surface area contributed by atoms with Gasteiger partial charge in [-0.05, 0) is 50.2 Å². The first-order chi connectivity index (χ1) is 9.15. The molecule has 1 saturated heterocycles. The molecular weight excluding hydrogens is 260 g/mol. The Bertz CT molecular complexity index is 498. The van der Waals surface area contributed by atoms with Crippen LogP contribution in [0.1, 0.15) is 35.3 Å². The molecule has 0 aromatic carbocycles. The number of amides is 1. The highest BCUT2D eigenvalue weighted by Crippen LogP contribution is 2.37. The van der Waals surface area contributed by atoms with Gasteiger partial charge in [-0.2, -0.15) is 0 Å². The zero-order valence-electron chi connectivity index (χ0n) is 11.2. The molecule has 4 nitrogen and oxygen atoms in total. The fourth-order valence-corrected chi connectivity index (χ4v) is 4.26. The molecule has 1 fully saturated rings. The number of β-amino-alcohol motifs (C(OH)–C–C–N with tert-alkyl or cyclic N) is 1. The maximum Gasteiger partial charge on any atom is 0.242 e. The zero-order valence-corrected chi connectivity index (χ0v) is 12.0. The van der Waals surface area contributed by atoms with E-state index in [1.54, 1.807) is 11.3 Å². The Morgan fingerprint density at radius 2 is 2.21 bits per heavy atom. The lowest BCUT2D eigenvalue weighted by atomic mass is 9.96. The maximum atomic E-state index is 12.1. The van der Waals surface area contributed by atoms with Gasteiger partial charge in [0.2, 0.25) is 5.91 Å². The van der Waals surface area contributed by atoms with Gasteiger partial charge in [0.15, 0.2) is 0 Å². The number of aliphatic hydroxyl groups is 1. The normalized spacial score (nSPS) is 26.2. The summed E-state index contributed by atoms with van der Waals surface area (Å²) in [6, 6.07) is -0.256. The second-order valence-electron chi connectivity index (χ2n) is 5.50. The van der Waals surface area contributed by atoms with Crippen LogP contribution in [0.5, 0.6) is 0 Å². The summed E-state index contributed by atoms with van der Waals surface area (Å²) >= 11 is 1.73. The van der Waals surface area contributed by atoms with Crippen molar-refractivity contribution in [3.63, 3.8) is 0 Å². The van der Waals surface area contributed by atoms with E-state index >= 15 is 0 Å². The smallest absolute Gasteiger partial charge is 0.242 e. The van der Waals surface area contributed by atoms with Crippen molar-refractivity contribution in [3.8, 4) is 0 Å². The number of aliphatic hydroxyl groups excluding tert-OH is 1. The SMILES string of the molecule is Cc1c(NC(=O)C2CC(O)CN2)sc2c1CCCC2. The Labute approximate surface area is 117 Å². The van der Waals surface area contributed by atoms with Crippen LogP contribution in [0.2, 0.25) is 0 Å². The van der Waals surface area contributed by atoms with E-state index in [9.17, 15) is 9.90 Å². The molecule has 2 atom stereocenters. The number of anilines is 1. The second kappa shape index (κ2) is 5.23. The highest BCUT2D eigenvalue weighted by molar-refractivity contribution is 7.16. The van der Waals surface area contributed by atoms with E-state index < -0.39 is 6.10 Å². The Morgan fingerprint density at radius 3 is 2.89 bits per heavy atom. The molecule has 1 aliphatic carbocycles. The molecule has 0 spiro atoms. The number of thiophene rings is 1. The number of hydrogen-bond acceptors (Lipinski definition) is 4. The molecule has 3 N–H and O–H groups in total. The van der Waals surface area contributed by atoms with Crippen LogP contribution in [0.15, 0.2) is 0 Å². The van der Waals surface area contributed by atoms with Crippen LogP contribution in [-0.2, 0) is 17.6 Å². The van der Waals surface area contributed by atoms with Crippen LogP contribution in [0.4, 0.5) is 5.00 Å². The average molecular weight is 280 g/mol. The monoisotopic (exact) mass is 280 g/mol. The summed E-state index contributed by atoms with van der Waals surface area (Å²) < 4.78 is 0. The molecule has 1 aromatic rings. The quantitative estimate of drug-likeness (QED) is 0.771. The Kier molecular flexibility index (Phi) is 3.60. The third-order valence-electron chi connectivity index (χ3n) is 4.10. The van der Waals surface area contributed by atoms with Gasteiger partial charge in [0.25, 0.3) is 0 Å². The minimum atomic E-state index is -0.395. The lowest BCUT2D eigenvalue weighted by molar-refractivity contribution is -0.117. The molecule has 1 amide bonds. The van der Waals surface area contributed by atoms with E-state index in [0.717, 1.165) is 17.8 Å². The minimum Gasteiger partial charge on any atom is -0.392 e. The third-order valence-corrected chi connectivity index (χ3v) is 5.41. The van der Waals surface area contributed by atoms with E-state index in [0.29, 0.717) is 13.0 Å². The zero-order chi connectivity index (χ0) is 13.4. The van der Waals surface area contributed by atoms with Gasteiger partial charge >= 0.3 is 0 Å². The first-order valence-electron chi connectivity index (χ1n) is 6.98. The van der Waals surface area contributed by atoms with Crippen LogP contribution in [-0.4, -0.2) is 29.7 Å². The van der Waals surface area contributed by atoms with Crippen molar-refractivity contribution in [2.45, 2.75) is 51.2 Å². The minimum absolute atomic E-state index is 0.0155. The number of hydrogen-bond donors (Lipinski definition) is 3. The summed E-state index contributed by atoms with van der Waals surface area (Å²) in [6.07, 6.45) is 4.93. The lowest BCUT2D eigenvalue weighted by Gasteiger charge is -2.11. The van der Waals surface area contributed by atoms with E-state index in [1.807, 2.05) is 0 Å². The van der Waals surface area contributed by atoms with Crippen LogP contribution in [0.3, 0.4) is 0 Å². The highest BCUT2D eigenvalue weighted by atomic mass is 32.1. The van der Waals surface area contributed by atoms with Crippen molar-refractivity contribution in [2.75, 3.05) is 11.9 Å². The largest absolute Gasteiger partial charge is 0.392 e. The van der Waals surface area contributed by atoms with Gasteiger partial charge in [-0.3, -0.25) is 4.79 Å². The fourth-order valence-electron chi connectivity index (χ4n) is 2.96. The molecule has 19 heavy (non-hydrogen) atoms. The molecule has 2 unspecified atom stereocenters. The summed E-state index contributed by atoms with van der Waals surface area (Å²) in [4.78, 5) is 13.6. The standard InChI is InChI=1S/C14H20N2O2S/c1-8-10-4-2-3-5-12(10)19-14(8)16-13(18)11-6-9(17)7-15-11/h9,11,15,17H,2-7H2,1H3,(H,16,18). The van der Waals surface area contributed by atoms with Crippen molar-refractivity contribution in [1.82, 2.24) is 5.32 Å². The van der Waals surface area contributed by atoms with Crippen molar-refractivity contribution < 1.29 is 9.90 Å². The molecule has 3 rings (SSSR count). The number of rotatable bonds is 2.